The van der Waals surface area contributed by atoms with Gasteiger partial charge in [-0.3, -0.25) is 4.79 Å². The van der Waals surface area contributed by atoms with E-state index in [1.54, 1.807) is 30.0 Å². The van der Waals surface area contributed by atoms with E-state index >= 15 is 0 Å². The smallest absolute Gasteiger partial charge is 0.317 e. The van der Waals surface area contributed by atoms with Gasteiger partial charge in [-0.25, -0.2) is 9.18 Å². The fourth-order valence-electron chi connectivity index (χ4n) is 2.29. The first kappa shape index (κ1) is 16.6. The van der Waals surface area contributed by atoms with E-state index in [0.717, 1.165) is 0 Å². The molecule has 0 bridgehead atoms. The zero-order valence-electron chi connectivity index (χ0n) is 12.1. The minimum absolute atomic E-state index is 0.212. The molecule has 1 aliphatic heterocycles. The first-order valence-electron chi connectivity index (χ1n) is 7.14. The molecule has 1 atom stereocenters. The van der Waals surface area contributed by atoms with Crippen molar-refractivity contribution in [3.8, 4) is 0 Å². The lowest BCUT2D eigenvalue weighted by Gasteiger charge is -2.16. The van der Waals surface area contributed by atoms with E-state index in [9.17, 15) is 14.0 Å². The first-order valence-corrected chi connectivity index (χ1v) is 8.30. The second-order valence-electron chi connectivity index (χ2n) is 5.15. The van der Waals surface area contributed by atoms with Gasteiger partial charge in [0.05, 0.1) is 5.92 Å². The topological polar surface area (TPSA) is 69.6 Å². The Bertz CT molecular complexity index is 541. The molecule has 1 unspecified atom stereocenters. The number of hydrogen-bond donors (Lipinski definition) is 2. The van der Waals surface area contributed by atoms with Gasteiger partial charge in [0.15, 0.2) is 0 Å². The second kappa shape index (κ2) is 8.03. The van der Waals surface area contributed by atoms with Gasteiger partial charge >= 0.3 is 12.0 Å². The molecule has 2 rings (SSSR count). The maximum atomic E-state index is 13.4. The summed E-state index contributed by atoms with van der Waals surface area (Å²) in [6.45, 7) is 1.22. The van der Waals surface area contributed by atoms with Crippen LogP contribution >= 0.6 is 11.8 Å². The minimum atomic E-state index is -0.851. The van der Waals surface area contributed by atoms with Crippen molar-refractivity contribution in [2.75, 3.05) is 25.4 Å². The van der Waals surface area contributed by atoms with Gasteiger partial charge in [0.2, 0.25) is 0 Å². The van der Waals surface area contributed by atoms with E-state index in [1.165, 1.54) is 11.0 Å². The molecule has 0 radical (unpaired) electrons. The van der Waals surface area contributed by atoms with Gasteiger partial charge in [0.25, 0.3) is 0 Å². The van der Waals surface area contributed by atoms with Gasteiger partial charge < -0.3 is 15.3 Å². The van der Waals surface area contributed by atoms with E-state index in [0.29, 0.717) is 36.6 Å². The van der Waals surface area contributed by atoms with Crippen LogP contribution < -0.4 is 5.32 Å². The highest BCUT2D eigenvalue weighted by Gasteiger charge is 2.30. The molecule has 2 N–H and O–H groups in total. The Morgan fingerprint density at radius 3 is 2.86 bits per heavy atom. The standard InChI is InChI=1S/C15H19FN2O3S/c16-13-4-2-1-3-12(13)10-22-8-6-17-15(21)18-7-5-11(9-18)14(19)20/h1-4,11H,5-10H2,(H,17,21)(H,19,20). The van der Waals surface area contributed by atoms with Crippen LogP contribution in [0.2, 0.25) is 0 Å². The van der Waals surface area contributed by atoms with E-state index in [2.05, 4.69) is 5.32 Å². The molecule has 22 heavy (non-hydrogen) atoms. The number of thioether (sulfide) groups is 1. The molecule has 1 fully saturated rings. The number of carboxylic acid groups (broad SMARTS) is 1. The lowest BCUT2D eigenvalue weighted by Crippen LogP contribution is -2.39. The molecule has 0 aliphatic carbocycles. The van der Waals surface area contributed by atoms with Crippen LogP contribution in [0.15, 0.2) is 24.3 Å². The highest BCUT2D eigenvalue weighted by Crippen LogP contribution is 2.17. The maximum absolute atomic E-state index is 13.4. The molecule has 1 saturated heterocycles. The number of hydrogen-bond acceptors (Lipinski definition) is 3. The Labute approximate surface area is 132 Å². The Kier molecular flexibility index (Phi) is 6.06. The number of benzene rings is 1. The second-order valence-corrected chi connectivity index (χ2v) is 6.25. The van der Waals surface area contributed by atoms with Crippen LogP contribution in [-0.4, -0.2) is 47.4 Å². The maximum Gasteiger partial charge on any atom is 0.317 e. The number of likely N-dealkylation sites (tertiary alicyclic amines) is 1. The van der Waals surface area contributed by atoms with E-state index in [1.807, 2.05) is 0 Å². The fourth-order valence-corrected chi connectivity index (χ4v) is 3.13. The van der Waals surface area contributed by atoms with Crippen molar-refractivity contribution in [1.29, 1.82) is 0 Å². The number of rotatable bonds is 6. The van der Waals surface area contributed by atoms with Gasteiger partial charge in [0.1, 0.15) is 5.82 Å². The van der Waals surface area contributed by atoms with Crippen LogP contribution in [0.5, 0.6) is 0 Å². The zero-order chi connectivity index (χ0) is 15.9. The summed E-state index contributed by atoms with van der Waals surface area (Å²) >= 11 is 1.54. The number of urea groups is 1. The van der Waals surface area contributed by atoms with Crippen molar-refractivity contribution in [2.24, 2.45) is 5.92 Å². The molecule has 0 saturated carbocycles. The molecule has 1 aromatic rings. The number of nitrogens with one attached hydrogen (secondary N) is 1. The summed E-state index contributed by atoms with van der Waals surface area (Å²) in [7, 11) is 0. The number of carbonyl (C=O) groups is 2. The summed E-state index contributed by atoms with van der Waals surface area (Å²) in [5.74, 6) is -0.281. The third kappa shape index (κ3) is 4.62. The van der Waals surface area contributed by atoms with Gasteiger partial charge in [-0.05, 0) is 18.1 Å². The van der Waals surface area contributed by atoms with Gasteiger partial charge in [-0.2, -0.15) is 11.8 Å². The Morgan fingerprint density at radius 2 is 2.18 bits per heavy atom. The predicted octanol–water partition coefficient (Wildman–Crippen LogP) is 2.17. The van der Waals surface area contributed by atoms with Crippen molar-refractivity contribution < 1.29 is 19.1 Å². The van der Waals surface area contributed by atoms with E-state index < -0.39 is 11.9 Å². The Balaban J connectivity index is 1.62. The summed E-state index contributed by atoms with van der Waals surface area (Å²) in [6, 6.07) is 6.41. The average molecular weight is 326 g/mol. The normalized spacial score (nSPS) is 17.5. The highest BCUT2D eigenvalue weighted by molar-refractivity contribution is 7.98. The summed E-state index contributed by atoms with van der Waals surface area (Å²) in [6.07, 6.45) is 0.505. The van der Waals surface area contributed by atoms with Gasteiger partial charge in [0, 0.05) is 31.1 Å². The Hall–Kier alpha value is -1.76. The molecular weight excluding hydrogens is 307 g/mol. The zero-order valence-corrected chi connectivity index (χ0v) is 12.9. The third-order valence-electron chi connectivity index (χ3n) is 3.56. The molecule has 7 heteroatoms. The number of nitrogens with zero attached hydrogens (tertiary/aromatic N) is 1. The SMILES string of the molecule is O=C(O)C1CCN(C(=O)NCCSCc2ccccc2F)C1. The third-order valence-corrected chi connectivity index (χ3v) is 4.57. The predicted molar refractivity (Wildman–Crippen MR) is 83.3 cm³/mol. The lowest BCUT2D eigenvalue weighted by molar-refractivity contribution is -0.141. The molecular formula is C15H19FN2O3S. The van der Waals surface area contributed by atoms with Crippen LogP contribution in [0.4, 0.5) is 9.18 Å². The number of amides is 2. The van der Waals surface area contributed by atoms with Crippen LogP contribution in [0.25, 0.3) is 0 Å². The van der Waals surface area contributed by atoms with Crippen molar-refractivity contribution >= 4 is 23.8 Å². The monoisotopic (exact) mass is 326 g/mol. The molecule has 0 spiro atoms. The molecule has 0 aromatic heterocycles. The molecule has 1 aliphatic rings. The van der Waals surface area contributed by atoms with Crippen molar-refractivity contribution in [3.05, 3.63) is 35.6 Å². The minimum Gasteiger partial charge on any atom is -0.481 e. The summed E-state index contributed by atoms with van der Waals surface area (Å²) < 4.78 is 13.4. The quantitative estimate of drug-likeness (QED) is 0.786. The molecule has 1 aromatic carbocycles. The van der Waals surface area contributed by atoms with Gasteiger partial charge in [-0.1, -0.05) is 18.2 Å². The van der Waals surface area contributed by atoms with E-state index in [-0.39, 0.29) is 18.4 Å². The van der Waals surface area contributed by atoms with Crippen molar-refractivity contribution in [2.45, 2.75) is 12.2 Å². The fraction of sp³-hybridized carbons (Fsp3) is 0.467. The first-order chi connectivity index (χ1) is 10.6. The van der Waals surface area contributed by atoms with E-state index in [4.69, 9.17) is 5.11 Å². The van der Waals surface area contributed by atoms with Crippen LogP contribution in [0, 0.1) is 11.7 Å². The van der Waals surface area contributed by atoms with Crippen LogP contribution in [0.3, 0.4) is 0 Å². The molecule has 2 amide bonds. The summed E-state index contributed by atoms with van der Waals surface area (Å²) in [4.78, 5) is 24.2. The lowest BCUT2D eigenvalue weighted by atomic mass is 10.1. The number of halogens is 1. The van der Waals surface area contributed by atoms with Crippen molar-refractivity contribution in [3.63, 3.8) is 0 Å². The average Bonchev–Trinajstić information content (AvgIpc) is 2.98. The largest absolute Gasteiger partial charge is 0.481 e. The highest BCUT2D eigenvalue weighted by atomic mass is 32.2. The number of carbonyl (C=O) groups excluding carboxylic acids is 1. The summed E-state index contributed by atoms with van der Waals surface area (Å²) in [5, 5.41) is 11.7. The summed E-state index contributed by atoms with van der Waals surface area (Å²) in [5.41, 5.74) is 0.655. The van der Waals surface area contributed by atoms with Gasteiger partial charge in [-0.15, -0.1) is 0 Å². The number of carboxylic acids is 1. The van der Waals surface area contributed by atoms with Crippen LogP contribution in [0.1, 0.15) is 12.0 Å². The molecule has 1 heterocycles. The molecule has 120 valence electrons. The van der Waals surface area contributed by atoms with Crippen LogP contribution in [-0.2, 0) is 10.5 Å². The van der Waals surface area contributed by atoms with Crippen molar-refractivity contribution in [1.82, 2.24) is 10.2 Å². The number of aliphatic carboxylic acids is 1. The molecule has 5 nitrogen and oxygen atoms in total. The Morgan fingerprint density at radius 1 is 1.41 bits per heavy atom.